The Labute approximate surface area is 117 Å². The summed E-state index contributed by atoms with van der Waals surface area (Å²) in [6, 6.07) is 9.26. The van der Waals surface area contributed by atoms with E-state index in [1.54, 1.807) is 0 Å². The van der Waals surface area contributed by atoms with Gasteiger partial charge in [0.05, 0.1) is 6.61 Å². The van der Waals surface area contributed by atoms with Gasteiger partial charge in [0.25, 0.3) is 5.91 Å². The highest BCUT2D eigenvalue weighted by molar-refractivity contribution is 5.84. The number of amides is 1. The molecule has 1 rings (SSSR count). The summed E-state index contributed by atoms with van der Waals surface area (Å²) >= 11 is 0. The van der Waals surface area contributed by atoms with Crippen LogP contribution in [0, 0.1) is 0 Å². The van der Waals surface area contributed by atoms with Gasteiger partial charge in [0.2, 0.25) is 11.8 Å². The first kappa shape index (κ1) is 16.0. The lowest BCUT2D eigenvalue weighted by Crippen LogP contribution is -2.44. The van der Waals surface area contributed by atoms with Gasteiger partial charge in [0.15, 0.2) is 0 Å². The molecule has 0 bridgehead atoms. The third kappa shape index (κ3) is 4.59. The molecule has 0 unspecified atom stereocenters. The Bertz CT molecular complexity index is 468. The van der Waals surface area contributed by atoms with Gasteiger partial charge in [-0.15, -0.1) is 0 Å². The molecule has 1 aromatic carbocycles. The van der Waals surface area contributed by atoms with Crippen LogP contribution in [0.5, 0.6) is 0 Å². The summed E-state index contributed by atoms with van der Waals surface area (Å²) < 4.78 is 5.52. The number of nitrogens with zero attached hydrogens (tertiary/aromatic N) is 1. The second-order valence-electron chi connectivity index (χ2n) is 4.37. The lowest BCUT2D eigenvalue weighted by molar-refractivity contribution is -0.145. The van der Waals surface area contributed by atoms with Crippen molar-refractivity contribution in [2.45, 2.75) is 31.6 Å². The summed E-state index contributed by atoms with van der Waals surface area (Å²) in [7, 11) is 0. The number of ether oxygens (including phenoxy) is 1. The predicted molar refractivity (Wildman–Crippen MR) is 74.2 cm³/mol. The number of isocyanates is 1. The van der Waals surface area contributed by atoms with E-state index < -0.39 is 11.6 Å². The number of carbonyl (C=O) groups excluding carboxylic acids is 2. The minimum absolute atomic E-state index is 0.136. The van der Waals surface area contributed by atoms with E-state index in [9.17, 15) is 9.59 Å². The number of rotatable bonds is 9. The minimum atomic E-state index is -1.66. The Morgan fingerprint density at radius 1 is 1.30 bits per heavy atom. The Hall–Kier alpha value is -2.01. The van der Waals surface area contributed by atoms with Crippen molar-refractivity contribution < 1.29 is 14.3 Å². The number of nitrogens with two attached hydrogens (primary N) is 2. The third-order valence-corrected chi connectivity index (χ3v) is 2.90. The molecule has 1 atom stereocenters. The van der Waals surface area contributed by atoms with E-state index in [1.165, 1.54) is 6.08 Å². The maximum atomic E-state index is 11.6. The van der Waals surface area contributed by atoms with Crippen LogP contribution in [-0.4, -0.2) is 24.3 Å². The highest BCUT2D eigenvalue weighted by Crippen LogP contribution is 2.22. The highest BCUT2D eigenvalue weighted by atomic mass is 16.5. The van der Waals surface area contributed by atoms with Crippen molar-refractivity contribution in [3.63, 3.8) is 0 Å². The molecule has 6 nitrogen and oxygen atoms in total. The van der Waals surface area contributed by atoms with Gasteiger partial charge in [0.1, 0.15) is 0 Å². The van der Waals surface area contributed by atoms with Crippen molar-refractivity contribution in [1.82, 2.24) is 0 Å². The van der Waals surface area contributed by atoms with Crippen LogP contribution in [0.4, 0.5) is 0 Å². The van der Waals surface area contributed by atoms with Crippen LogP contribution in [0.3, 0.4) is 0 Å². The number of aliphatic imine (C=N–C) groups is 1. The fourth-order valence-electron chi connectivity index (χ4n) is 1.77. The van der Waals surface area contributed by atoms with E-state index >= 15 is 0 Å². The monoisotopic (exact) mass is 277 g/mol. The molecule has 0 radical (unpaired) electrons. The predicted octanol–water partition coefficient (Wildman–Crippen LogP) is 0.850. The van der Waals surface area contributed by atoms with Crippen LogP contribution >= 0.6 is 0 Å². The van der Waals surface area contributed by atoms with Crippen molar-refractivity contribution in [2.75, 3.05) is 6.54 Å². The molecule has 6 heteroatoms. The summed E-state index contributed by atoms with van der Waals surface area (Å²) in [5.74, 6) is -0.797. The van der Waals surface area contributed by atoms with Crippen LogP contribution in [0.25, 0.3) is 0 Å². The highest BCUT2D eigenvalue weighted by Gasteiger charge is 2.37. The number of unbranched alkanes of at least 4 members (excludes halogenated alkanes) is 1. The van der Waals surface area contributed by atoms with Gasteiger partial charge in [-0.05, 0) is 24.9 Å². The first-order valence-corrected chi connectivity index (χ1v) is 6.41. The lowest BCUT2D eigenvalue weighted by Gasteiger charge is -2.25. The van der Waals surface area contributed by atoms with Crippen molar-refractivity contribution in [3.8, 4) is 0 Å². The molecule has 0 aromatic heterocycles. The van der Waals surface area contributed by atoms with E-state index in [4.69, 9.17) is 16.2 Å². The molecule has 0 heterocycles. The van der Waals surface area contributed by atoms with Crippen LogP contribution in [0.1, 0.15) is 24.8 Å². The van der Waals surface area contributed by atoms with E-state index in [0.29, 0.717) is 19.4 Å². The fraction of sp³-hybridized carbons (Fsp3) is 0.429. The largest absolute Gasteiger partial charge is 0.365 e. The maximum absolute atomic E-state index is 11.6. The van der Waals surface area contributed by atoms with Crippen LogP contribution in [0.15, 0.2) is 35.3 Å². The number of hydrogen-bond acceptors (Lipinski definition) is 5. The Balaban J connectivity index is 2.80. The summed E-state index contributed by atoms with van der Waals surface area (Å²) in [6.45, 7) is 0.621. The molecule has 1 amide bonds. The molecule has 108 valence electrons. The van der Waals surface area contributed by atoms with Crippen molar-refractivity contribution in [3.05, 3.63) is 35.9 Å². The van der Waals surface area contributed by atoms with Gasteiger partial charge < -0.3 is 16.2 Å². The van der Waals surface area contributed by atoms with Crippen LogP contribution in [0.2, 0.25) is 0 Å². The maximum Gasteiger partial charge on any atom is 0.273 e. The lowest BCUT2D eigenvalue weighted by atomic mass is 10.1. The normalized spacial score (nSPS) is 13.2. The Morgan fingerprint density at radius 2 is 2.00 bits per heavy atom. The second-order valence-corrected chi connectivity index (χ2v) is 4.37. The standard InChI is InChI=1S/C14H19N3O3/c15-9-5-4-8-14(13(16)19,17-11-18)20-10-12-6-2-1-3-7-12/h1-3,6-7H,4-5,8-10,15H2,(H2,16,19)/t14-/m0/s1. The quantitative estimate of drug-likeness (QED) is 0.396. The van der Waals surface area contributed by atoms with Gasteiger partial charge >= 0.3 is 0 Å². The van der Waals surface area contributed by atoms with Crippen molar-refractivity contribution in [2.24, 2.45) is 16.5 Å². The molecular weight excluding hydrogens is 258 g/mol. The zero-order chi connectivity index (χ0) is 14.8. The average Bonchev–Trinajstić information content (AvgIpc) is 2.46. The number of hydrogen-bond donors (Lipinski definition) is 2. The average molecular weight is 277 g/mol. The topological polar surface area (TPSA) is 108 Å². The molecular formula is C14H19N3O3. The molecule has 0 aliphatic carbocycles. The number of carbonyl (C=O) groups is 1. The van der Waals surface area contributed by atoms with Gasteiger partial charge in [-0.25, -0.2) is 4.79 Å². The summed E-state index contributed by atoms with van der Waals surface area (Å²) in [4.78, 5) is 25.7. The SMILES string of the molecule is NCCCC[C@](N=C=O)(OCc1ccccc1)C(N)=O. The Kier molecular flexibility index (Phi) is 6.59. The van der Waals surface area contributed by atoms with Crippen LogP contribution in [-0.2, 0) is 20.9 Å². The number of primary amides is 1. The molecule has 4 N–H and O–H groups in total. The molecule has 0 fully saturated rings. The summed E-state index contributed by atoms with van der Waals surface area (Å²) in [6.07, 6.45) is 2.86. The molecule has 1 aromatic rings. The summed E-state index contributed by atoms with van der Waals surface area (Å²) in [5, 5.41) is 0. The summed E-state index contributed by atoms with van der Waals surface area (Å²) in [5.41, 5.74) is 9.94. The number of benzene rings is 1. The van der Waals surface area contributed by atoms with E-state index in [1.807, 2.05) is 30.3 Å². The van der Waals surface area contributed by atoms with Gasteiger partial charge in [-0.3, -0.25) is 4.79 Å². The van der Waals surface area contributed by atoms with E-state index in [0.717, 1.165) is 5.56 Å². The molecule has 0 aliphatic rings. The molecule has 0 aliphatic heterocycles. The van der Waals surface area contributed by atoms with Gasteiger partial charge in [-0.2, -0.15) is 4.99 Å². The van der Waals surface area contributed by atoms with E-state index in [-0.39, 0.29) is 13.0 Å². The molecule has 0 saturated heterocycles. The molecule has 0 spiro atoms. The van der Waals surface area contributed by atoms with Crippen molar-refractivity contribution in [1.29, 1.82) is 0 Å². The first-order valence-electron chi connectivity index (χ1n) is 6.41. The fourth-order valence-corrected chi connectivity index (χ4v) is 1.77. The molecule has 0 saturated carbocycles. The van der Waals surface area contributed by atoms with E-state index in [2.05, 4.69) is 4.99 Å². The smallest absolute Gasteiger partial charge is 0.273 e. The molecule has 20 heavy (non-hydrogen) atoms. The minimum Gasteiger partial charge on any atom is -0.365 e. The third-order valence-electron chi connectivity index (χ3n) is 2.90. The first-order chi connectivity index (χ1) is 9.64. The zero-order valence-electron chi connectivity index (χ0n) is 11.2. The van der Waals surface area contributed by atoms with Crippen molar-refractivity contribution >= 4 is 12.0 Å². The van der Waals surface area contributed by atoms with Gasteiger partial charge in [0, 0.05) is 6.42 Å². The van der Waals surface area contributed by atoms with Crippen LogP contribution < -0.4 is 11.5 Å². The van der Waals surface area contributed by atoms with Gasteiger partial charge in [-0.1, -0.05) is 30.3 Å². The zero-order valence-corrected chi connectivity index (χ0v) is 11.2. The Morgan fingerprint density at radius 3 is 2.55 bits per heavy atom. The second kappa shape index (κ2) is 8.22.